The Labute approximate surface area is 108 Å². The number of anilines is 1. The number of urea groups is 1. The van der Waals surface area contributed by atoms with Crippen molar-refractivity contribution in [1.82, 2.24) is 15.5 Å². The fourth-order valence-electron chi connectivity index (χ4n) is 2.00. The lowest BCUT2D eigenvalue weighted by Gasteiger charge is -2.11. The van der Waals surface area contributed by atoms with Crippen molar-refractivity contribution in [3.63, 3.8) is 0 Å². The van der Waals surface area contributed by atoms with Crippen LogP contribution < -0.4 is 10.6 Å². The molecule has 8 heteroatoms. The van der Waals surface area contributed by atoms with Gasteiger partial charge in [-0.25, -0.2) is 4.79 Å². The van der Waals surface area contributed by atoms with Gasteiger partial charge >= 0.3 is 12.0 Å². The maximum Gasteiger partial charge on any atom is 0.321 e. The third-order valence-corrected chi connectivity index (χ3v) is 3.62. The quantitative estimate of drug-likeness (QED) is 0.766. The molecule has 0 saturated heterocycles. The minimum atomic E-state index is -0.792. The summed E-state index contributed by atoms with van der Waals surface area (Å²) in [6.07, 6.45) is 1.79. The standard InChI is InChI=1S/C10H14N4O3S/c1-5-13-14-10(18-5)12-9(17)11-7-3-2-6(4-7)8(15)16/h6-7H,2-4H2,1H3,(H,15,16)(H2,11,12,14,17). The van der Waals surface area contributed by atoms with Crippen LogP contribution in [-0.4, -0.2) is 33.3 Å². The lowest BCUT2D eigenvalue weighted by molar-refractivity contribution is -0.141. The van der Waals surface area contributed by atoms with Crippen molar-refractivity contribution >= 4 is 28.5 Å². The number of hydrogen-bond donors (Lipinski definition) is 3. The summed E-state index contributed by atoms with van der Waals surface area (Å²) in [5.41, 5.74) is 0. The summed E-state index contributed by atoms with van der Waals surface area (Å²) in [7, 11) is 0. The van der Waals surface area contributed by atoms with Gasteiger partial charge in [-0.3, -0.25) is 10.1 Å². The van der Waals surface area contributed by atoms with Gasteiger partial charge in [-0.1, -0.05) is 11.3 Å². The van der Waals surface area contributed by atoms with Crippen LogP contribution in [0, 0.1) is 12.8 Å². The monoisotopic (exact) mass is 270 g/mol. The molecule has 7 nitrogen and oxygen atoms in total. The number of nitrogens with zero attached hydrogens (tertiary/aromatic N) is 2. The summed E-state index contributed by atoms with van der Waals surface area (Å²) in [5, 5.41) is 23.0. The van der Waals surface area contributed by atoms with E-state index < -0.39 is 5.97 Å². The Balaban J connectivity index is 1.80. The third kappa shape index (κ3) is 3.16. The van der Waals surface area contributed by atoms with Gasteiger partial charge < -0.3 is 10.4 Å². The Hall–Kier alpha value is -1.70. The van der Waals surface area contributed by atoms with E-state index in [1.807, 2.05) is 0 Å². The van der Waals surface area contributed by atoms with E-state index in [2.05, 4.69) is 20.8 Å². The van der Waals surface area contributed by atoms with Gasteiger partial charge in [0.2, 0.25) is 5.13 Å². The van der Waals surface area contributed by atoms with Crippen LogP contribution in [0.25, 0.3) is 0 Å². The largest absolute Gasteiger partial charge is 0.481 e. The molecule has 1 fully saturated rings. The lowest BCUT2D eigenvalue weighted by atomic mass is 10.1. The first-order valence-electron chi connectivity index (χ1n) is 5.65. The van der Waals surface area contributed by atoms with Gasteiger partial charge in [-0.2, -0.15) is 0 Å². The highest BCUT2D eigenvalue weighted by molar-refractivity contribution is 7.15. The molecule has 1 heterocycles. The number of aryl methyl sites for hydroxylation is 1. The average Bonchev–Trinajstić information content (AvgIpc) is 2.88. The third-order valence-electron chi connectivity index (χ3n) is 2.86. The van der Waals surface area contributed by atoms with Crippen LogP contribution in [0.2, 0.25) is 0 Å². The zero-order valence-corrected chi connectivity index (χ0v) is 10.7. The fourth-order valence-corrected chi connectivity index (χ4v) is 2.59. The van der Waals surface area contributed by atoms with Crippen molar-refractivity contribution in [3.8, 4) is 0 Å². The normalized spacial score (nSPS) is 22.7. The Morgan fingerprint density at radius 2 is 2.17 bits per heavy atom. The van der Waals surface area contributed by atoms with Gasteiger partial charge in [0.15, 0.2) is 0 Å². The number of hydrogen-bond acceptors (Lipinski definition) is 5. The van der Waals surface area contributed by atoms with Crippen LogP contribution in [0.5, 0.6) is 0 Å². The predicted octanol–water partition coefficient (Wildman–Crippen LogP) is 1.22. The van der Waals surface area contributed by atoms with E-state index in [1.54, 1.807) is 6.92 Å². The van der Waals surface area contributed by atoms with Crippen LogP contribution in [-0.2, 0) is 4.79 Å². The van der Waals surface area contributed by atoms with Gasteiger partial charge in [-0.05, 0) is 26.2 Å². The van der Waals surface area contributed by atoms with Gasteiger partial charge in [0.05, 0.1) is 5.92 Å². The van der Waals surface area contributed by atoms with E-state index in [4.69, 9.17) is 5.11 Å². The number of carbonyl (C=O) groups is 2. The maximum absolute atomic E-state index is 11.6. The molecule has 2 unspecified atom stereocenters. The molecule has 1 saturated carbocycles. The molecule has 2 amide bonds. The molecule has 1 aromatic rings. The Morgan fingerprint density at radius 1 is 1.39 bits per heavy atom. The zero-order chi connectivity index (χ0) is 13.1. The molecular formula is C10H14N4O3S. The van der Waals surface area contributed by atoms with E-state index in [1.165, 1.54) is 11.3 Å². The van der Waals surface area contributed by atoms with E-state index in [9.17, 15) is 9.59 Å². The molecule has 0 aliphatic heterocycles. The summed E-state index contributed by atoms with van der Waals surface area (Å²) in [6, 6.07) is -0.442. The SMILES string of the molecule is Cc1nnc(NC(=O)NC2CCC(C(=O)O)C2)s1. The summed E-state index contributed by atoms with van der Waals surface area (Å²) < 4.78 is 0. The Morgan fingerprint density at radius 3 is 2.72 bits per heavy atom. The molecule has 0 spiro atoms. The van der Waals surface area contributed by atoms with Gasteiger partial charge in [-0.15, -0.1) is 10.2 Å². The number of carboxylic acids is 1. The van der Waals surface area contributed by atoms with E-state index in [0.29, 0.717) is 24.4 Å². The van der Waals surface area contributed by atoms with Crippen molar-refractivity contribution in [3.05, 3.63) is 5.01 Å². The highest BCUT2D eigenvalue weighted by Gasteiger charge is 2.30. The summed E-state index contributed by atoms with van der Waals surface area (Å²) >= 11 is 1.29. The topological polar surface area (TPSA) is 104 Å². The maximum atomic E-state index is 11.6. The number of rotatable bonds is 3. The summed E-state index contributed by atoms with van der Waals surface area (Å²) in [4.78, 5) is 22.4. The minimum Gasteiger partial charge on any atom is -0.481 e. The number of carbonyl (C=O) groups excluding carboxylic acids is 1. The van der Waals surface area contributed by atoms with Crippen LogP contribution in [0.15, 0.2) is 0 Å². The predicted molar refractivity (Wildman–Crippen MR) is 65.6 cm³/mol. The summed E-state index contributed by atoms with van der Waals surface area (Å²) in [6.45, 7) is 1.80. The fraction of sp³-hybridized carbons (Fsp3) is 0.600. The van der Waals surface area contributed by atoms with Gasteiger partial charge in [0.25, 0.3) is 0 Å². The van der Waals surface area contributed by atoms with Crippen molar-refractivity contribution in [1.29, 1.82) is 0 Å². The van der Waals surface area contributed by atoms with Crippen molar-refractivity contribution in [2.24, 2.45) is 5.92 Å². The minimum absolute atomic E-state index is 0.0832. The second kappa shape index (κ2) is 5.30. The Kier molecular flexibility index (Phi) is 3.75. The smallest absolute Gasteiger partial charge is 0.321 e. The number of aliphatic carboxylic acids is 1. The highest BCUT2D eigenvalue weighted by atomic mass is 32.1. The molecule has 3 N–H and O–H groups in total. The molecule has 1 aliphatic carbocycles. The van der Waals surface area contributed by atoms with Crippen molar-refractivity contribution in [2.75, 3.05) is 5.32 Å². The van der Waals surface area contributed by atoms with Crippen LogP contribution >= 0.6 is 11.3 Å². The first kappa shape index (κ1) is 12.7. The highest BCUT2D eigenvalue weighted by Crippen LogP contribution is 2.25. The van der Waals surface area contributed by atoms with Crippen molar-refractivity contribution in [2.45, 2.75) is 32.2 Å². The van der Waals surface area contributed by atoms with E-state index in [0.717, 1.165) is 5.01 Å². The van der Waals surface area contributed by atoms with Crippen LogP contribution in [0.4, 0.5) is 9.93 Å². The van der Waals surface area contributed by atoms with E-state index >= 15 is 0 Å². The van der Waals surface area contributed by atoms with Gasteiger partial charge in [0, 0.05) is 6.04 Å². The van der Waals surface area contributed by atoms with Crippen molar-refractivity contribution < 1.29 is 14.7 Å². The molecule has 2 rings (SSSR count). The molecule has 0 aromatic carbocycles. The molecule has 0 radical (unpaired) electrons. The molecule has 0 bridgehead atoms. The molecule has 18 heavy (non-hydrogen) atoms. The number of aromatic nitrogens is 2. The number of carboxylic acid groups (broad SMARTS) is 1. The van der Waals surface area contributed by atoms with Gasteiger partial charge in [0.1, 0.15) is 5.01 Å². The molecule has 1 aliphatic rings. The van der Waals surface area contributed by atoms with Crippen LogP contribution in [0.3, 0.4) is 0 Å². The van der Waals surface area contributed by atoms with E-state index in [-0.39, 0.29) is 18.0 Å². The molecule has 1 aromatic heterocycles. The summed E-state index contributed by atoms with van der Waals surface area (Å²) in [5.74, 6) is -1.14. The second-order valence-corrected chi connectivity index (χ2v) is 5.45. The number of amides is 2. The second-order valence-electron chi connectivity index (χ2n) is 4.27. The lowest BCUT2D eigenvalue weighted by Crippen LogP contribution is -2.36. The zero-order valence-electron chi connectivity index (χ0n) is 9.84. The Bertz CT molecular complexity index is 462. The number of nitrogens with one attached hydrogen (secondary N) is 2. The first-order valence-corrected chi connectivity index (χ1v) is 6.46. The molecule has 98 valence electrons. The van der Waals surface area contributed by atoms with Crippen LogP contribution in [0.1, 0.15) is 24.3 Å². The molecule has 2 atom stereocenters. The molecular weight excluding hydrogens is 256 g/mol. The first-order chi connectivity index (χ1) is 8.54. The average molecular weight is 270 g/mol.